The maximum absolute atomic E-state index is 9.20. The number of fused-ring (bicyclic) bond motifs is 1. The molecule has 0 saturated heterocycles. The smallest absolute Gasteiger partial charge is 0.243 e. The second-order valence-corrected chi connectivity index (χ2v) is 4.54. The fourth-order valence-corrected chi connectivity index (χ4v) is 1.88. The van der Waals surface area contributed by atoms with Crippen LogP contribution in [0.3, 0.4) is 0 Å². The zero-order chi connectivity index (χ0) is 13.2. The van der Waals surface area contributed by atoms with Gasteiger partial charge in [-0.05, 0) is 29.8 Å². The lowest BCUT2D eigenvalue weighted by molar-refractivity contribution is 0.475. The van der Waals surface area contributed by atoms with Crippen molar-refractivity contribution in [2.24, 2.45) is 0 Å². The lowest BCUT2D eigenvalue weighted by Gasteiger charge is -2.01. The fourth-order valence-electron chi connectivity index (χ4n) is 1.73. The molecular weight excluding hydrogens is 264 g/mol. The van der Waals surface area contributed by atoms with E-state index < -0.39 is 0 Å². The zero-order valence-corrected chi connectivity index (χ0v) is 10.7. The number of hydrogen-bond acceptors (Lipinski definition) is 4. The molecule has 0 bridgehead atoms. The summed E-state index contributed by atoms with van der Waals surface area (Å²) in [7, 11) is 0. The topological polar surface area (TPSA) is 62.5 Å². The molecule has 5 nitrogen and oxygen atoms in total. The molecule has 3 aromatic rings. The summed E-state index contributed by atoms with van der Waals surface area (Å²) < 4.78 is 1.63. The van der Waals surface area contributed by atoms with Crippen molar-refractivity contribution in [1.29, 1.82) is 0 Å². The number of nitrogens with zero attached hydrogens (tertiary/aromatic N) is 3. The number of hydrogen-bond donors (Lipinski definition) is 2. The highest BCUT2D eigenvalue weighted by molar-refractivity contribution is 6.30. The van der Waals surface area contributed by atoms with E-state index >= 15 is 0 Å². The van der Waals surface area contributed by atoms with Crippen molar-refractivity contribution in [3.63, 3.8) is 0 Å². The van der Waals surface area contributed by atoms with Gasteiger partial charge < -0.3 is 10.4 Å². The highest BCUT2D eigenvalue weighted by atomic mass is 35.5. The van der Waals surface area contributed by atoms with Crippen molar-refractivity contribution >= 4 is 23.2 Å². The summed E-state index contributed by atoms with van der Waals surface area (Å²) in [5.74, 6) is 0.791. The largest absolute Gasteiger partial charge is 0.508 e. The molecule has 0 radical (unpaired) electrons. The van der Waals surface area contributed by atoms with Gasteiger partial charge in [0.05, 0.1) is 5.02 Å². The van der Waals surface area contributed by atoms with Crippen molar-refractivity contribution < 1.29 is 5.11 Å². The number of halogens is 1. The molecule has 3 rings (SSSR count). The molecule has 1 aromatic carbocycles. The number of aromatic hydroxyl groups is 1. The number of phenolic OH excluding ortho intramolecular Hbond substituents is 1. The lowest BCUT2D eigenvalue weighted by Crippen LogP contribution is -2.00. The van der Waals surface area contributed by atoms with Crippen LogP contribution < -0.4 is 5.32 Å². The molecule has 0 aliphatic rings. The molecule has 2 aromatic heterocycles. The van der Waals surface area contributed by atoms with E-state index in [1.807, 2.05) is 12.1 Å². The van der Waals surface area contributed by atoms with Crippen LogP contribution in [0.5, 0.6) is 5.75 Å². The molecule has 0 amide bonds. The minimum absolute atomic E-state index is 0.254. The molecule has 0 spiro atoms. The summed E-state index contributed by atoms with van der Waals surface area (Å²) in [6.07, 6.45) is 1.70. The number of pyridine rings is 1. The van der Waals surface area contributed by atoms with E-state index in [0.29, 0.717) is 17.5 Å². The standard InChI is InChI=1S/C13H11ClN4O/c14-10-3-6-12-16-13(17-18(12)8-10)15-7-9-1-4-11(19)5-2-9/h1-6,8,19H,7H2,(H,15,17). The van der Waals surface area contributed by atoms with Gasteiger partial charge in [-0.25, -0.2) is 4.52 Å². The monoisotopic (exact) mass is 274 g/mol. The predicted molar refractivity (Wildman–Crippen MR) is 73.4 cm³/mol. The van der Waals surface area contributed by atoms with Crippen LogP contribution >= 0.6 is 11.6 Å². The van der Waals surface area contributed by atoms with Crippen LogP contribution in [0.2, 0.25) is 5.02 Å². The van der Waals surface area contributed by atoms with Crippen LogP contribution in [0, 0.1) is 0 Å². The van der Waals surface area contributed by atoms with E-state index in [0.717, 1.165) is 11.2 Å². The summed E-state index contributed by atoms with van der Waals surface area (Å²) in [6, 6.07) is 10.6. The van der Waals surface area contributed by atoms with Crippen LogP contribution in [0.15, 0.2) is 42.6 Å². The number of phenols is 1. The van der Waals surface area contributed by atoms with Crippen LogP contribution in [-0.4, -0.2) is 19.7 Å². The lowest BCUT2D eigenvalue weighted by atomic mass is 10.2. The third-order valence-corrected chi connectivity index (χ3v) is 2.91. The first-order valence-electron chi connectivity index (χ1n) is 5.74. The second-order valence-electron chi connectivity index (χ2n) is 4.11. The molecule has 0 atom stereocenters. The maximum Gasteiger partial charge on any atom is 0.243 e. The van der Waals surface area contributed by atoms with Crippen LogP contribution in [-0.2, 0) is 6.54 Å². The van der Waals surface area contributed by atoms with Crippen molar-refractivity contribution in [2.45, 2.75) is 6.54 Å². The normalized spacial score (nSPS) is 10.8. The molecular formula is C13H11ClN4O. The Morgan fingerprint density at radius 1 is 1.16 bits per heavy atom. The minimum Gasteiger partial charge on any atom is -0.508 e. The molecule has 2 N–H and O–H groups in total. The molecule has 0 aliphatic carbocycles. The summed E-state index contributed by atoms with van der Waals surface area (Å²) >= 11 is 5.88. The van der Waals surface area contributed by atoms with Gasteiger partial charge in [0.25, 0.3) is 0 Å². The summed E-state index contributed by atoms with van der Waals surface area (Å²) in [5.41, 5.74) is 1.77. The summed E-state index contributed by atoms with van der Waals surface area (Å²) in [6.45, 7) is 0.588. The van der Waals surface area contributed by atoms with Crippen LogP contribution in [0.25, 0.3) is 5.65 Å². The SMILES string of the molecule is Oc1ccc(CNc2nc3ccc(Cl)cn3n2)cc1. The number of benzene rings is 1. The average Bonchev–Trinajstić information content (AvgIpc) is 2.80. The molecule has 19 heavy (non-hydrogen) atoms. The van der Waals surface area contributed by atoms with Gasteiger partial charge in [0.2, 0.25) is 5.95 Å². The minimum atomic E-state index is 0.254. The molecule has 6 heteroatoms. The number of nitrogens with one attached hydrogen (secondary N) is 1. The maximum atomic E-state index is 9.20. The van der Waals surface area contributed by atoms with Crippen molar-refractivity contribution in [3.8, 4) is 5.75 Å². The first-order chi connectivity index (χ1) is 9.20. The summed E-state index contributed by atoms with van der Waals surface area (Å²) in [4.78, 5) is 4.32. The summed E-state index contributed by atoms with van der Waals surface area (Å²) in [5, 5.41) is 17.2. The Morgan fingerprint density at radius 3 is 2.74 bits per heavy atom. The zero-order valence-electron chi connectivity index (χ0n) is 9.92. The molecule has 0 unspecified atom stereocenters. The van der Waals surface area contributed by atoms with E-state index in [4.69, 9.17) is 11.6 Å². The molecule has 0 saturated carbocycles. The Morgan fingerprint density at radius 2 is 1.95 bits per heavy atom. The molecule has 0 aliphatic heterocycles. The van der Waals surface area contributed by atoms with E-state index in [1.165, 1.54) is 0 Å². The third-order valence-electron chi connectivity index (χ3n) is 2.68. The average molecular weight is 275 g/mol. The molecule has 96 valence electrons. The van der Waals surface area contributed by atoms with Crippen molar-refractivity contribution in [1.82, 2.24) is 14.6 Å². The Hall–Kier alpha value is -2.27. The Bertz CT molecular complexity index is 708. The second kappa shape index (κ2) is 4.78. The number of anilines is 1. The van der Waals surface area contributed by atoms with Crippen LogP contribution in [0.4, 0.5) is 5.95 Å². The molecule has 2 heterocycles. The highest BCUT2D eigenvalue weighted by Crippen LogP contribution is 2.13. The number of rotatable bonds is 3. The van der Waals surface area contributed by atoms with Crippen molar-refractivity contribution in [3.05, 3.63) is 53.2 Å². The van der Waals surface area contributed by atoms with E-state index in [-0.39, 0.29) is 5.75 Å². The molecule has 0 fully saturated rings. The van der Waals surface area contributed by atoms with Gasteiger partial charge in [-0.15, -0.1) is 5.10 Å². The first-order valence-corrected chi connectivity index (χ1v) is 6.12. The van der Waals surface area contributed by atoms with Gasteiger partial charge in [0.15, 0.2) is 5.65 Å². The Kier molecular flexibility index (Phi) is 2.97. The van der Waals surface area contributed by atoms with Gasteiger partial charge in [-0.3, -0.25) is 0 Å². The number of aromatic nitrogens is 3. The Labute approximate surface area is 114 Å². The van der Waals surface area contributed by atoms with E-state index in [2.05, 4.69) is 15.4 Å². The van der Waals surface area contributed by atoms with Gasteiger partial charge >= 0.3 is 0 Å². The van der Waals surface area contributed by atoms with Crippen LogP contribution in [0.1, 0.15) is 5.56 Å². The fraction of sp³-hybridized carbons (Fsp3) is 0.0769. The van der Waals surface area contributed by atoms with Gasteiger partial charge in [-0.1, -0.05) is 23.7 Å². The predicted octanol–water partition coefficient (Wildman–Crippen LogP) is 2.70. The van der Waals surface area contributed by atoms with Gasteiger partial charge in [0, 0.05) is 12.7 Å². The quantitative estimate of drug-likeness (QED) is 0.771. The highest BCUT2D eigenvalue weighted by Gasteiger charge is 2.03. The van der Waals surface area contributed by atoms with Crippen molar-refractivity contribution in [2.75, 3.05) is 5.32 Å². The Balaban J connectivity index is 1.76. The van der Waals surface area contributed by atoms with E-state index in [1.54, 1.807) is 35.0 Å². The van der Waals surface area contributed by atoms with Gasteiger partial charge in [0.1, 0.15) is 5.75 Å². The van der Waals surface area contributed by atoms with E-state index in [9.17, 15) is 5.11 Å². The third kappa shape index (κ3) is 2.61. The first kappa shape index (κ1) is 11.8. The van der Waals surface area contributed by atoms with Gasteiger partial charge in [-0.2, -0.15) is 4.98 Å².